The van der Waals surface area contributed by atoms with Crippen molar-refractivity contribution in [1.29, 1.82) is 0 Å². The molecule has 2 nitrogen and oxygen atoms in total. The van der Waals surface area contributed by atoms with Crippen molar-refractivity contribution < 1.29 is 4.79 Å². The minimum absolute atomic E-state index is 0.125. The molecule has 0 aliphatic heterocycles. The topological polar surface area (TPSA) is 29.1 Å². The highest BCUT2D eigenvalue weighted by molar-refractivity contribution is 6.30. The Kier molecular flexibility index (Phi) is 3.09. The van der Waals surface area contributed by atoms with Crippen molar-refractivity contribution in [3.05, 3.63) is 41.4 Å². The molecule has 1 aromatic carbocycles. The fraction of sp³-hybridized carbons (Fsp3) is 0.100. The van der Waals surface area contributed by atoms with Gasteiger partial charge in [-0.3, -0.25) is 4.79 Å². The van der Waals surface area contributed by atoms with Gasteiger partial charge in [0.1, 0.15) is 0 Å². The number of benzene rings is 1. The van der Waals surface area contributed by atoms with Crippen LogP contribution in [-0.4, -0.2) is 5.91 Å². The van der Waals surface area contributed by atoms with E-state index in [0.29, 0.717) is 10.7 Å². The molecule has 0 saturated heterocycles. The quantitative estimate of drug-likeness (QED) is 0.772. The second-order valence-electron chi connectivity index (χ2n) is 2.67. The average Bonchev–Trinajstić information content (AvgIpc) is 2.04. The van der Waals surface area contributed by atoms with Crippen LogP contribution in [-0.2, 0) is 4.79 Å². The van der Waals surface area contributed by atoms with E-state index < -0.39 is 0 Å². The lowest BCUT2D eigenvalue weighted by atomic mass is 10.2. The molecule has 0 fully saturated rings. The fourth-order valence-corrected chi connectivity index (χ4v) is 1.06. The summed E-state index contributed by atoms with van der Waals surface area (Å²) in [4.78, 5) is 10.7. The van der Waals surface area contributed by atoms with Crippen LogP contribution in [0.4, 0.5) is 0 Å². The van der Waals surface area contributed by atoms with Crippen molar-refractivity contribution in [2.24, 2.45) is 0 Å². The van der Waals surface area contributed by atoms with E-state index in [0.717, 1.165) is 5.56 Å². The van der Waals surface area contributed by atoms with Gasteiger partial charge >= 0.3 is 0 Å². The smallest absolute Gasteiger partial charge is 0.221 e. The van der Waals surface area contributed by atoms with E-state index in [1.165, 1.54) is 6.92 Å². The molecule has 0 unspecified atom stereocenters. The van der Waals surface area contributed by atoms with Gasteiger partial charge in [0, 0.05) is 17.6 Å². The van der Waals surface area contributed by atoms with Crippen molar-refractivity contribution >= 4 is 23.2 Å². The van der Waals surface area contributed by atoms with Crippen LogP contribution in [0.15, 0.2) is 30.8 Å². The van der Waals surface area contributed by atoms with Crippen molar-refractivity contribution in [3.8, 4) is 0 Å². The number of hydrogen-bond donors (Lipinski definition) is 1. The average molecular weight is 196 g/mol. The molecule has 0 aromatic heterocycles. The molecule has 1 N–H and O–H groups in total. The van der Waals surface area contributed by atoms with Gasteiger partial charge in [0.25, 0.3) is 0 Å². The van der Waals surface area contributed by atoms with E-state index in [4.69, 9.17) is 11.6 Å². The first-order valence-electron chi connectivity index (χ1n) is 3.82. The summed E-state index contributed by atoms with van der Waals surface area (Å²) in [5.74, 6) is -0.125. The van der Waals surface area contributed by atoms with Gasteiger partial charge < -0.3 is 5.32 Å². The van der Waals surface area contributed by atoms with E-state index in [9.17, 15) is 4.79 Å². The molecule has 0 saturated carbocycles. The Hall–Kier alpha value is -1.28. The zero-order valence-corrected chi connectivity index (χ0v) is 8.06. The van der Waals surface area contributed by atoms with Crippen LogP contribution in [0.1, 0.15) is 12.5 Å². The Balaban J connectivity index is 2.78. The van der Waals surface area contributed by atoms with E-state index in [-0.39, 0.29) is 5.91 Å². The van der Waals surface area contributed by atoms with Crippen molar-refractivity contribution in [3.63, 3.8) is 0 Å². The van der Waals surface area contributed by atoms with Gasteiger partial charge in [-0.1, -0.05) is 30.3 Å². The standard InChI is InChI=1S/C10H10ClNO/c1-7(12-8(2)13)9-3-5-10(11)6-4-9/h3-6H,1H2,2H3,(H,12,13). The zero-order valence-electron chi connectivity index (χ0n) is 7.30. The molecule has 1 aromatic rings. The largest absolute Gasteiger partial charge is 0.326 e. The summed E-state index contributed by atoms with van der Waals surface area (Å²) in [6, 6.07) is 7.12. The maximum atomic E-state index is 10.7. The van der Waals surface area contributed by atoms with E-state index in [1.807, 2.05) is 0 Å². The molecule has 0 spiro atoms. The Labute approximate surface area is 82.2 Å². The van der Waals surface area contributed by atoms with Crippen LogP contribution in [0.25, 0.3) is 5.70 Å². The Morgan fingerprint density at radius 3 is 2.38 bits per heavy atom. The van der Waals surface area contributed by atoms with Gasteiger partial charge in [-0.05, 0) is 17.7 Å². The second-order valence-corrected chi connectivity index (χ2v) is 3.10. The fourth-order valence-electron chi connectivity index (χ4n) is 0.936. The Morgan fingerprint density at radius 2 is 1.92 bits per heavy atom. The Bertz CT molecular complexity index is 329. The SMILES string of the molecule is C=C(NC(C)=O)c1ccc(Cl)cc1. The third-order valence-electron chi connectivity index (χ3n) is 1.52. The molecular formula is C10H10ClNO. The van der Waals surface area contributed by atoms with Gasteiger partial charge in [0.2, 0.25) is 5.91 Å². The summed E-state index contributed by atoms with van der Waals surface area (Å²) in [7, 11) is 0. The van der Waals surface area contributed by atoms with Gasteiger partial charge in [0.05, 0.1) is 0 Å². The van der Waals surface area contributed by atoms with Crippen LogP contribution < -0.4 is 5.32 Å². The van der Waals surface area contributed by atoms with Crippen molar-refractivity contribution in [1.82, 2.24) is 5.32 Å². The molecular weight excluding hydrogens is 186 g/mol. The number of rotatable bonds is 2. The minimum atomic E-state index is -0.125. The van der Waals surface area contributed by atoms with Crippen LogP contribution in [0, 0.1) is 0 Å². The molecule has 0 aliphatic carbocycles. The predicted octanol–water partition coefficient (Wildman–Crippen LogP) is 2.45. The van der Waals surface area contributed by atoms with Gasteiger partial charge in [0.15, 0.2) is 0 Å². The summed E-state index contributed by atoms with van der Waals surface area (Å²) < 4.78 is 0. The number of carbonyl (C=O) groups excluding carboxylic acids is 1. The van der Waals surface area contributed by atoms with Crippen LogP contribution in [0.2, 0.25) is 5.02 Å². The lowest BCUT2D eigenvalue weighted by Gasteiger charge is -2.05. The first-order chi connectivity index (χ1) is 6.09. The first-order valence-corrected chi connectivity index (χ1v) is 4.20. The van der Waals surface area contributed by atoms with Crippen LogP contribution in [0.3, 0.4) is 0 Å². The minimum Gasteiger partial charge on any atom is -0.326 e. The summed E-state index contributed by atoms with van der Waals surface area (Å²) in [5.41, 5.74) is 1.45. The van der Waals surface area contributed by atoms with Crippen molar-refractivity contribution in [2.75, 3.05) is 0 Å². The summed E-state index contributed by atoms with van der Waals surface area (Å²) in [6.07, 6.45) is 0. The number of carbonyl (C=O) groups is 1. The number of amides is 1. The normalized spacial score (nSPS) is 9.38. The molecule has 68 valence electrons. The molecule has 1 rings (SSSR count). The van der Waals surface area contributed by atoms with Gasteiger partial charge in [-0.15, -0.1) is 0 Å². The maximum absolute atomic E-state index is 10.7. The second kappa shape index (κ2) is 4.10. The summed E-state index contributed by atoms with van der Waals surface area (Å²) in [5, 5.41) is 3.27. The molecule has 0 radical (unpaired) electrons. The number of hydrogen-bond acceptors (Lipinski definition) is 1. The first kappa shape index (κ1) is 9.81. The van der Waals surface area contributed by atoms with Crippen LogP contribution >= 0.6 is 11.6 Å². The lowest BCUT2D eigenvalue weighted by molar-refractivity contribution is -0.117. The van der Waals surface area contributed by atoms with Crippen LogP contribution in [0.5, 0.6) is 0 Å². The highest BCUT2D eigenvalue weighted by Gasteiger charge is 1.99. The van der Waals surface area contributed by atoms with Crippen molar-refractivity contribution in [2.45, 2.75) is 6.92 Å². The van der Waals surface area contributed by atoms with Gasteiger partial charge in [-0.2, -0.15) is 0 Å². The molecule has 0 heterocycles. The molecule has 0 aliphatic rings. The summed E-state index contributed by atoms with van der Waals surface area (Å²) >= 11 is 5.71. The third-order valence-corrected chi connectivity index (χ3v) is 1.77. The predicted molar refractivity (Wildman–Crippen MR) is 54.3 cm³/mol. The molecule has 0 atom stereocenters. The summed E-state index contributed by atoms with van der Waals surface area (Å²) in [6.45, 7) is 5.17. The zero-order chi connectivity index (χ0) is 9.84. The molecule has 3 heteroatoms. The van der Waals surface area contributed by atoms with E-state index in [2.05, 4.69) is 11.9 Å². The monoisotopic (exact) mass is 195 g/mol. The highest BCUT2D eigenvalue weighted by Crippen LogP contribution is 2.13. The Morgan fingerprint density at radius 1 is 1.38 bits per heavy atom. The maximum Gasteiger partial charge on any atom is 0.221 e. The third kappa shape index (κ3) is 2.92. The number of halogens is 1. The van der Waals surface area contributed by atoms with E-state index in [1.54, 1.807) is 24.3 Å². The molecule has 13 heavy (non-hydrogen) atoms. The lowest BCUT2D eigenvalue weighted by Crippen LogP contribution is -2.16. The van der Waals surface area contributed by atoms with Gasteiger partial charge in [-0.25, -0.2) is 0 Å². The molecule has 0 bridgehead atoms. The highest BCUT2D eigenvalue weighted by atomic mass is 35.5. The number of nitrogens with one attached hydrogen (secondary N) is 1. The van der Waals surface area contributed by atoms with E-state index >= 15 is 0 Å². The molecule has 1 amide bonds.